The van der Waals surface area contributed by atoms with Gasteiger partial charge >= 0.3 is 6.18 Å². The Bertz CT molecular complexity index is 1180. The van der Waals surface area contributed by atoms with E-state index < -0.39 is 17.6 Å². The predicted molar refractivity (Wildman–Crippen MR) is 104 cm³/mol. The van der Waals surface area contributed by atoms with E-state index in [2.05, 4.69) is 10.1 Å². The molecule has 1 aliphatic rings. The molecule has 1 amide bonds. The number of anilines is 1. The third kappa shape index (κ3) is 3.31. The quantitative estimate of drug-likeness (QED) is 0.654. The number of nitrogens with two attached hydrogens (primary N) is 1. The first-order chi connectivity index (χ1) is 13.8. The first-order valence-corrected chi connectivity index (χ1v) is 9.11. The van der Waals surface area contributed by atoms with E-state index in [1.165, 1.54) is 30.6 Å². The lowest BCUT2D eigenvalue weighted by Gasteiger charge is -2.08. The van der Waals surface area contributed by atoms with Crippen LogP contribution >= 0.6 is 11.3 Å². The zero-order chi connectivity index (χ0) is 20.8. The number of methoxy groups -OCH3 is 1. The Morgan fingerprint density at radius 3 is 2.69 bits per heavy atom. The summed E-state index contributed by atoms with van der Waals surface area (Å²) in [5, 5.41) is 5.55. The van der Waals surface area contributed by atoms with Gasteiger partial charge < -0.3 is 10.5 Å². The molecule has 2 aromatic carbocycles. The number of alkyl halides is 3. The van der Waals surface area contributed by atoms with Crippen molar-refractivity contribution in [1.82, 2.24) is 4.98 Å². The minimum Gasteiger partial charge on any atom is -0.497 e. The van der Waals surface area contributed by atoms with Gasteiger partial charge in [0.2, 0.25) is 5.13 Å². The lowest BCUT2D eigenvalue weighted by Crippen LogP contribution is -2.21. The molecule has 0 atom stereocenters. The molecule has 2 N–H and O–H groups in total. The summed E-state index contributed by atoms with van der Waals surface area (Å²) in [7, 11) is 1.54. The normalized spacial score (nSPS) is 16.0. The Balaban J connectivity index is 1.78. The van der Waals surface area contributed by atoms with Crippen molar-refractivity contribution in [2.24, 2.45) is 10.8 Å². The predicted octanol–water partition coefficient (Wildman–Crippen LogP) is 3.92. The number of thiazole rings is 1. The molecule has 0 saturated carbocycles. The maximum absolute atomic E-state index is 13.1. The molecule has 0 bridgehead atoms. The molecule has 1 aliphatic heterocycles. The highest BCUT2D eigenvalue weighted by molar-refractivity contribution is 7.22. The third-order valence-electron chi connectivity index (χ3n) is 4.27. The van der Waals surface area contributed by atoms with Crippen LogP contribution in [0.4, 0.5) is 18.3 Å². The Morgan fingerprint density at radius 2 is 2.00 bits per heavy atom. The van der Waals surface area contributed by atoms with Gasteiger partial charge in [-0.15, -0.1) is 0 Å². The summed E-state index contributed by atoms with van der Waals surface area (Å²) >= 11 is 1.20. The van der Waals surface area contributed by atoms with Gasteiger partial charge in [-0.3, -0.25) is 4.79 Å². The van der Waals surface area contributed by atoms with Crippen LogP contribution in [0.1, 0.15) is 11.1 Å². The van der Waals surface area contributed by atoms with Crippen molar-refractivity contribution >= 4 is 38.3 Å². The standard InChI is InChI=1S/C19H13F3N4O2S/c1-28-12-5-6-14-15(8-12)29-18(24-14)26-17(27)13(9-23)16(25-26)10-3-2-4-11(7-10)19(20,21)22/h2-9H,23H2,1H3. The second kappa shape index (κ2) is 6.89. The average Bonchev–Trinajstić information content (AvgIpc) is 3.27. The van der Waals surface area contributed by atoms with Gasteiger partial charge in [-0.25, -0.2) is 4.98 Å². The Labute approximate surface area is 166 Å². The van der Waals surface area contributed by atoms with E-state index in [-0.39, 0.29) is 22.0 Å². The minimum atomic E-state index is -4.52. The van der Waals surface area contributed by atoms with Gasteiger partial charge in [0.1, 0.15) is 11.5 Å². The summed E-state index contributed by atoms with van der Waals surface area (Å²) in [4.78, 5) is 17.2. The van der Waals surface area contributed by atoms with Crippen LogP contribution < -0.4 is 15.5 Å². The van der Waals surface area contributed by atoms with E-state index >= 15 is 0 Å². The Kier molecular flexibility index (Phi) is 4.50. The fraction of sp³-hybridized carbons (Fsp3) is 0.105. The number of amides is 1. The number of benzene rings is 2. The number of carbonyl (C=O) groups is 1. The molecular formula is C19H13F3N4O2S. The Hall–Kier alpha value is -3.40. The Morgan fingerprint density at radius 1 is 1.21 bits per heavy atom. The molecule has 4 rings (SSSR count). The van der Waals surface area contributed by atoms with Crippen LogP contribution in [0.5, 0.6) is 5.75 Å². The number of fused-ring (bicyclic) bond motifs is 1. The van der Waals surface area contributed by atoms with Gasteiger partial charge in [-0.1, -0.05) is 23.5 Å². The topological polar surface area (TPSA) is 80.8 Å². The zero-order valence-electron chi connectivity index (χ0n) is 14.9. The van der Waals surface area contributed by atoms with E-state index in [9.17, 15) is 18.0 Å². The van der Waals surface area contributed by atoms with Gasteiger partial charge in [-0.2, -0.15) is 23.3 Å². The van der Waals surface area contributed by atoms with Gasteiger partial charge in [-0.05, 0) is 30.3 Å². The van der Waals surface area contributed by atoms with E-state index in [1.54, 1.807) is 18.2 Å². The molecule has 29 heavy (non-hydrogen) atoms. The van der Waals surface area contributed by atoms with Crippen molar-refractivity contribution in [3.63, 3.8) is 0 Å². The van der Waals surface area contributed by atoms with Gasteiger partial charge in [0.25, 0.3) is 5.91 Å². The lowest BCUT2D eigenvalue weighted by molar-refractivity contribution is -0.137. The molecule has 6 nitrogen and oxygen atoms in total. The summed E-state index contributed by atoms with van der Waals surface area (Å²) in [6, 6.07) is 9.83. The number of ether oxygens (including phenoxy) is 1. The molecule has 0 radical (unpaired) electrons. The first-order valence-electron chi connectivity index (χ1n) is 8.29. The van der Waals surface area contributed by atoms with Gasteiger partial charge in [0.15, 0.2) is 0 Å². The van der Waals surface area contributed by atoms with Crippen molar-refractivity contribution in [3.8, 4) is 5.75 Å². The number of hydrogen-bond acceptors (Lipinski definition) is 6. The van der Waals surface area contributed by atoms with Gasteiger partial charge in [0, 0.05) is 11.8 Å². The van der Waals surface area contributed by atoms with E-state index in [0.29, 0.717) is 11.3 Å². The highest BCUT2D eigenvalue weighted by atomic mass is 32.1. The molecule has 2 heterocycles. The van der Waals surface area contributed by atoms with Crippen molar-refractivity contribution in [2.45, 2.75) is 6.18 Å². The highest BCUT2D eigenvalue weighted by Crippen LogP contribution is 2.35. The number of halogens is 3. The molecule has 10 heteroatoms. The lowest BCUT2D eigenvalue weighted by atomic mass is 10.0. The number of aromatic nitrogens is 1. The molecule has 148 valence electrons. The largest absolute Gasteiger partial charge is 0.497 e. The van der Waals surface area contributed by atoms with Gasteiger partial charge in [0.05, 0.1) is 28.5 Å². The highest BCUT2D eigenvalue weighted by Gasteiger charge is 2.35. The van der Waals surface area contributed by atoms with Crippen LogP contribution in [0, 0.1) is 0 Å². The van der Waals surface area contributed by atoms with Crippen molar-refractivity contribution in [3.05, 3.63) is 65.4 Å². The summed E-state index contributed by atoms with van der Waals surface area (Å²) in [6.07, 6.45) is -3.48. The second-order valence-corrected chi connectivity index (χ2v) is 7.06. The van der Waals surface area contributed by atoms with Crippen LogP contribution in [0.2, 0.25) is 0 Å². The molecule has 0 unspecified atom stereocenters. The van der Waals surface area contributed by atoms with Crippen LogP contribution in [-0.2, 0) is 11.0 Å². The molecule has 3 aromatic rings. The third-order valence-corrected chi connectivity index (χ3v) is 5.27. The molecule has 0 spiro atoms. The van der Waals surface area contributed by atoms with Crippen LogP contribution in [0.15, 0.2) is 59.3 Å². The number of nitrogens with zero attached hydrogens (tertiary/aromatic N) is 3. The minimum absolute atomic E-state index is 0.00108. The smallest absolute Gasteiger partial charge is 0.416 e. The van der Waals surface area contributed by atoms with Crippen molar-refractivity contribution < 1.29 is 22.7 Å². The number of hydrogen-bond donors (Lipinski definition) is 1. The van der Waals surface area contributed by atoms with Crippen molar-refractivity contribution in [1.29, 1.82) is 0 Å². The second-order valence-electron chi connectivity index (χ2n) is 6.05. The van der Waals surface area contributed by atoms with Crippen LogP contribution in [-0.4, -0.2) is 23.7 Å². The average molecular weight is 418 g/mol. The maximum atomic E-state index is 13.1. The SMILES string of the molecule is COc1ccc2nc(N3N=C(c4cccc(C(F)(F)F)c4)C(=CN)C3=O)sc2c1. The fourth-order valence-corrected chi connectivity index (χ4v) is 3.81. The monoisotopic (exact) mass is 418 g/mol. The molecule has 0 fully saturated rings. The van der Waals surface area contributed by atoms with E-state index in [0.717, 1.165) is 28.0 Å². The number of carbonyl (C=O) groups excluding carboxylic acids is 1. The fourth-order valence-electron chi connectivity index (χ4n) is 2.86. The van der Waals surface area contributed by atoms with E-state index in [4.69, 9.17) is 10.5 Å². The summed E-state index contributed by atoms with van der Waals surface area (Å²) in [5.41, 5.74) is 5.57. The molecular weight excluding hydrogens is 405 g/mol. The summed E-state index contributed by atoms with van der Waals surface area (Å²) in [5.74, 6) is 0.0714. The molecule has 0 aliphatic carbocycles. The summed E-state index contributed by atoms with van der Waals surface area (Å²) < 4.78 is 45.1. The number of rotatable bonds is 3. The van der Waals surface area contributed by atoms with E-state index in [1.807, 2.05) is 0 Å². The molecule has 1 aromatic heterocycles. The zero-order valence-corrected chi connectivity index (χ0v) is 15.7. The van der Waals surface area contributed by atoms with Crippen LogP contribution in [0.3, 0.4) is 0 Å². The first kappa shape index (κ1) is 18.9. The maximum Gasteiger partial charge on any atom is 0.416 e. The number of hydrazone groups is 1. The molecule has 0 saturated heterocycles. The van der Waals surface area contributed by atoms with Crippen LogP contribution in [0.25, 0.3) is 10.2 Å². The summed E-state index contributed by atoms with van der Waals surface area (Å²) in [6.45, 7) is 0. The van der Waals surface area contributed by atoms with Crippen molar-refractivity contribution in [2.75, 3.05) is 12.1 Å².